The Morgan fingerprint density at radius 1 is 1.58 bits per heavy atom. The first-order chi connectivity index (χ1) is 5.65. The summed E-state index contributed by atoms with van der Waals surface area (Å²) in [5, 5.41) is 3.75. The highest BCUT2D eigenvalue weighted by Crippen LogP contribution is 2.17. The monoisotopic (exact) mass is 174 g/mol. The van der Waals surface area contributed by atoms with Crippen molar-refractivity contribution in [3.8, 4) is 0 Å². The summed E-state index contributed by atoms with van der Waals surface area (Å²) in [5.41, 5.74) is -0.143. The van der Waals surface area contributed by atoms with Crippen molar-refractivity contribution in [1.29, 1.82) is 0 Å². The summed E-state index contributed by atoms with van der Waals surface area (Å²) in [7, 11) is 0. The topological polar surface area (TPSA) is 17.8 Å². The molecule has 0 radical (unpaired) electrons. The summed E-state index contributed by atoms with van der Waals surface area (Å²) < 4.78 is 25.7. The first kappa shape index (κ1) is 9.16. The van der Waals surface area contributed by atoms with Gasteiger partial charge in [0.2, 0.25) is 0 Å². The Kier molecular flexibility index (Phi) is 2.78. The van der Waals surface area contributed by atoms with E-state index in [1.807, 2.05) is 13.8 Å². The van der Waals surface area contributed by atoms with Gasteiger partial charge in [-0.25, -0.2) is 8.78 Å². The molecule has 1 aromatic rings. The third kappa shape index (κ3) is 1.81. The molecular weight excluding hydrogens is 162 g/mol. The van der Waals surface area contributed by atoms with Gasteiger partial charge in [0.1, 0.15) is 5.69 Å². The Balaban J connectivity index is 2.77. The molecule has 0 saturated carbocycles. The summed E-state index contributed by atoms with van der Waals surface area (Å²) in [4.78, 5) is 0. The molecule has 0 N–H and O–H groups in total. The smallest absolute Gasteiger partial charge is 0.270 e. The van der Waals surface area contributed by atoms with Crippen LogP contribution in [0.15, 0.2) is 12.3 Å². The van der Waals surface area contributed by atoms with Gasteiger partial charge in [0.25, 0.3) is 6.43 Å². The zero-order chi connectivity index (χ0) is 9.14. The average molecular weight is 174 g/mol. The predicted octanol–water partition coefficient (Wildman–Crippen LogP) is 2.79. The molecule has 0 aliphatic carbocycles. The Bertz CT molecular complexity index is 245. The molecular formula is C8H12F2N2. The van der Waals surface area contributed by atoms with Crippen molar-refractivity contribution in [3.05, 3.63) is 18.0 Å². The average Bonchev–Trinajstić information content (AvgIpc) is 2.51. The van der Waals surface area contributed by atoms with Crippen LogP contribution in [0, 0.1) is 0 Å². The van der Waals surface area contributed by atoms with Gasteiger partial charge in [-0.05, 0) is 19.4 Å². The van der Waals surface area contributed by atoms with Gasteiger partial charge in [0, 0.05) is 12.2 Å². The summed E-state index contributed by atoms with van der Waals surface area (Å²) >= 11 is 0. The van der Waals surface area contributed by atoms with Crippen molar-refractivity contribution in [1.82, 2.24) is 9.78 Å². The second-order valence-corrected chi connectivity index (χ2v) is 2.78. The van der Waals surface area contributed by atoms with Crippen LogP contribution in [0.2, 0.25) is 0 Å². The maximum absolute atomic E-state index is 12.1. The quantitative estimate of drug-likeness (QED) is 0.689. The van der Waals surface area contributed by atoms with E-state index in [2.05, 4.69) is 5.10 Å². The number of hydrogen-bond donors (Lipinski definition) is 0. The number of halogens is 2. The Morgan fingerprint density at radius 2 is 2.25 bits per heavy atom. The van der Waals surface area contributed by atoms with Crippen LogP contribution in [0.1, 0.15) is 38.4 Å². The first-order valence-electron chi connectivity index (χ1n) is 3.98. The van der Waals surface area contributed by atoms with E-state index in [0.717, 1.165) is 6.42 Å². The summed E-state index contributed by atoms with van der Waals surface area (Å²) in [5.74, 6) is 0. The van der Waals surface area contributed by atoms with E-state index in [1.165, 1.54) is 6.07 Å². The molecule has 0 spiro atoms. The molecule has 0 aliphatic heterocycles. The van der Waals surface area contributed by atoms with Gasteiger partial charge in [-0.15, -0.1) is 0 Å². The van der Waals surface area contributed by atoms with Gasteiger partial charge in [0.15, 0.2) is 0 Å². The number of hydrogen-bond acceptors (Lipinski definition) is 1. The highest BCUT2D eigenvalue weighted by molar-refractivity contribution is 5.00. The molecule has 0 aromatic carbocycles. The SMILES string of the molecule is CCC(C)n1ccc(C(F)F)n1. The Hall–Kier alpha value is -0.930. The molecule has 1 heterocycles. The normalized spacial score (nSPS) is 13.8. The largest absolute Gasteiger partial charge is 0.282 e. The number of aromatic nitrogens is 2. The predicted molar refractivity (Wildman–Crippen MR) is 42.2 cm³/mol. The molecule has 0 bridgehead atoms. The third-order valence-corrected chi connectivity index (χ3v) is 1.89. The standard InChI is InChI=1S/C8H12F2N2/c1-3-6(2)12-5-4-7(11-12)8(9)10/h4-6,8H,3H2,1-2H3. The van der Waals surface area contributed by atoms with Gasteiger partial charge in [0.05, 0.1) is 0 Å². The van der Waals surface area contributed by atoms with Crippen molar-refractivity contribution < 1.29 is 8.78 Å². The lowest BCUT2D eigenvalue weighted by molar-refractivity contribution is 0.144. The number of nitrogens with zero attached hydrogens (tertiary/aromatic N) is 2. The van der Waals surface area contributed by atoms with Crippen LogP contribution < -0.4 is 0 Å². The van der Waals surface area contributed by atoms with Crippen LogP contribution in [0.4, 0.5) is 8.78 Å². The minimum Gasteiger partial charge on any atom is -0.270 e. The van der Waals surface area contributed by atoms with E-state index in [-0.39, 0.29) is 11.7 Å². The molecule has 1 atom stereocenters. The highest BCUT2D eigenvalue weighted by atomic mass is 19.3. The van der Waals surface area contributed by atoms with E-state index < -0.39 is 6.43 Å². The maximum Gasteiger partial charge on any atom is 0.282 e. The molecule has 12 heavy (non-hydrogen) atoms. The van der Waals surface area contributed by atoms with Gasteiger partial charge in [-0.3, -0.25) is 4.68 Å². The molecule has 4 heteroatoms. The van der Waals surface area contributed by atoms with E-state index >= 15 is 0 Å². The second kappa shape index (κ2) is 3.65. The minimum atomic E-state index is -2.46. The number of rotatable bonds is 3. The lowest BCUT2D eigenvalue weighted by Gasteiger charge is -2.07. The Labute approximate surface area is 70.2 Å². The summed E-state index contributed by atoms with van der Waals surface area (Å²) in [6.45, 7) is 3.94. The molecule has 1 rings (SSSR count). The van der Waals surface area contributed by atoms with Gasteiger partial charge >= 0.3 is 0 Å². The summed E-state index contributed by atoms with van der Waals surface area (Å²) in [6, 6.07) is 1.55. The van der Waals surface area contributed by atoms with Crippen LogP contribution in [-0.2, 0) is 0 Å². The zero-order valence-corrected chi connectivity index (χ0v) is 7.17. The molecule has 1 aromatic heterocycles. The van der Waals surface area contributed by atoms with Gasteiger partial charge in [-0.2, -0.15) is 5.10 Å². The fourth-order valence-corrected chi connectivity index (χ4v) is 0.902. The van der Waals surface area contributed by atoms with Crippen molar-refractivity contribution >= 4 is 0 Å². The molecule has 1 unspecified atom stereocenters. The second-order valence-electron chi connectivity index (χ2n) is 2.78. The van der Waals surface area contributed by atoms with Crippen LogP contribution in [0.3, 0.4) is 0 Å². The number of alkyl halides is 2. The Morgan fingerprint density at radius 3 is 2.67 bits per heavy atom. The van der Waals surface area contributed by atoms with Crippen LogP contribution >= 0.6 is 0 Å². The first-order valence-corrected chi connectivity index (χ1v) is 3.98. The van der Waals surface area contributed by atoms with E-state index in [9.17, 15) is 8.78 Å². The highest BCUT2D eigenvalue weighted by Gasteiger charge is 2.11. The molecule has 0 amide bonds. The van der Waals surface area contributed by atoms with Crippen molar-refractivity contribution in [2.75, 3.05) is 0 Å². The zero-order valence-electron chi connectivity index (χ0n) is 7.17. The molecule has 68 valence electrons. The van der Waals surface area contributed by atoms with E-state index in [4.69, 9.17) is 0 Å². The van der Waals surface area contributed by atoms with Crippen molar-refractivity contribution in [2.24, 2.45) is 0 Å². The van der Waals surface area contributed by atoms with Crippen LogP contribution in [-0.4, -0.2) is 9.78 Å². The van der Waals surface area contributed by atoms with Crippen molar-refractivity contribution in [3.63, 3.8) is 0 Å². The van der Waals surface area contributed by atoms with Gasteiger partial charge in [-0.1, -0.05) is 6.92 Å². The van der Waals surface area contributed by atoms with Gasteiger partial charge < -0.3 is 0 Å². The molecule has 0 saturated heterocycles. The lowest BCUT2D eigenvalue weighted by atomic mass is 10.3. The van der Waals surface area contributed by atoms with Crippen LogP contribution in [0.25, 0.3) is 0 Å². The molecule has 0 fully saturated rings. The molecule has 0 aliphatic rings. The third-order valence-electron chi connectivity index (χ3n) is 1.89. The summed E-state index contributed by atoms with van der Waals surface area (Å²) in [6.07, 6.45) is 0.0234. The molecule has 2 nitrogen and oxygen atoms in total. The van der Waals surface area contributed by atoms with Crippen molar-refractivity contribution in [2.45, 2.75) is 32.7 Å². The van der Waals surface area contributed by atoms with Crippen LogP contribution in [0.5, 0.6) is 0 Å². The minimum absolute atomic E-state index is 0.143. The lowest BCUT2D eigenvalue weighted by Crippen LogP contribution is -2.04. The fourth-order valence-electron chi connectivity index (χ4n) is 0.902. The maximum atomic E-state index is 12.1. The van der Waals surface area contributed by atoms with E-state index in [1.54, 1.807) is 10.9 Å². The fraction of sp³-hybridized carbons (Fsp3) is 0.625. The van der Waals surface area contributed by atoms with E-state index in [0.29, 0.717) is 0 Å².